The molecule has 1 aliphatic carbocycles. The topological polar surface area (TPSA) is 66.6 Å². The zero-order chi connectivity index (χ0) is 20.8. The minimum Gasteiger partial charge on any atom is -0.391 e. The Morgan fingerprint density at radius 1 is 1.03 bits per heavy atom. The number of hydrogen-bond donors (Lipinski definition) is 2. The molecule has 2 N–H and O–H groups in total. The van der Waals surface area contributed by atoms with E-state index >= 15 is 0 Å². The fourth-order valence-corrected chi connectivity index (χ4v) is 6.37. The number of hydrogen-bond acceptors (Lipinski definition) is 6. The van der Waals surface area contributed by atoms with Gasteiger partial charge in [-0.1, -0.05) is 30.3 Å². The highest BCUT2D eigenvalue weighted by Crippen LogP contribution is 2.43. The van der Waals surface area contributed by atoms with Gasteiger partial charge < -0.3 is 14.9 Å². The molecule has 1 aliphatic heterocycles. The van der Waals surface area contributed by atoms with Crippen LogP contribution < -0.4 is 9.80 Å². The number of fused-ring (bicyclic) bond motifs is 5. The summed E-state index contributed by atoms with van der Waals surface area (Å²) in [7, 11) is 0. The van der Waals surface area contributed by atoms with E-state index in [2.05, 4.69) is 35.2 Å². The second kappa shape index (κ2) is 7.82. The molecule has 2 aliphatic rings. The monoisotopic (exact) mass is 432 g/mol. The maximum atomic E-state index is 9.24. The fraction of sp³-hybridized carbons (Fsp3) is 0.375. The second-order valence-electron chi connectivity index (χ2n) is 8.50. The van der Waals surface area contributed by atoms with Crippen LogP contribution >= 0.6 is 11.3 Å². The van der Waals surface area contributed by atoms with Crippen LogP contribution in [0.5, 0.6) is 0 Å². The van der Waals surface area contributed by atoms with Crippen molar-refractivity contribution in [2.75, 3.05) is 44.2 Å². The van der Waals surface area contributed by atoms with Gasteiger partial charge >= 0.3 is 0 Å². The van der Waals surface area contributed by atoms with Crippen LogP contribution in [0.4, 0.5) is 5.82 Å². The largest absolute Gasteiger partial charge is 0.391 e. The molecule has 1 fully saturated rings. The number of aliphatic hydroxyl groups is 1. The lowest BCUT2D eigenvalue weighted by atomic mass is 10.0. The predicted octanol–water partition coefficient (Wildman–Crippen LogP) is 2.09. The summed E-state index contributed by atoms with van der Waals surface area (Å²) in [5, 5.41) is 10.5. The van der Waals surface area contributed by atoms with Crippen LogP contribution in [0.1, 0.15) is 17.5 Å². The number of rotatable bonds is 4. The fourth-order valence-electron chi connectivity index (χ4n) is 5.19. The van der Waals surface area contributed by atoms with Crippen molar-refractivity contribution in [3.63, 3.8) is 0 Å². The third-order valence-electron chi connectivity index (χ3n) is 6.74. The molecule has 0 atom stereocenters. The van der Waals surface area contributed by atoms with Gasteiger partial charge in [-0.2, -0.15) is 0 Å². The van der Waals surface area contributed by atoms with E-state index in [1.54, 1.807) is 17.7 Å². The number of aliphatic hydroxyl groups excluding tert-OH is 1. The van der Waals surface area contributed by atoms with E-state index in [1.807, 2.05) is 0 Å². The SMILES string of the molecule is OCC[NH+]1CCN(c2ncnc3c2sc2nc(-c4ccccc4)c4c(c23)CCC4)CC1. The minimum atomic E-state index is 0.254. The maximum absolute atomic E-state index is 9.24. The molecule has 0 amide bonds. The summed E-state index contributed by atoms with van der Waals surface area (Å²) in [5.74, 6) is 1.05. The van der Waals surface area contributed by atoms with Gasteiger partial charge in [-0.05, 0) is 30.4 Å². The average Bonchev–Trinajstić information content (AvgIpc) is 3.44. The van der Waals surface area contributed by atoms with Gasteiger partial charge in [0.15, 0.2) is 5.82 Å². The number of nitrogens with one attached hydrogen (secondary N) is 1. The van der Waals surface area contributed by atoms with Gasteiger partial charge in [0.05, 0.1) is 48.7 Å². The summed E-state index contributed by atoms with van der Waals surface area (Å²) in [6.07, 6.45) is 5.10. The van der Waals surface area contributed by atoms with E-state index in [1.165, 1.54) is 33.4 Å². The summed E-state index contributed by atoms with van der Waals surface area (Å²) in [6, 6.07) is 10.6. The molecule has 0 unspecified atom stereocenters. The molecule has 31 heavy (non-hydrogen) atoms. The van der Waals surface area contributed by atoms with Crippen LogP contribution in [0.2, 0.25) is 0 Å². The van der Waals surface area contributed by atoms with Crippen LogP contribution in [0, 0.1) is 0 Å². The molecule has 1 saturated heterocycles. The molecular weight excluding hydrogens is 406 g/mol. The number of aromatic nitrogens is 3. The van der Waals surface area contributed by atoms with Crippen molar-refractivity contribution in [2.24, 2.45) is 0 Å². The van der Waals surface area contributed by atoms with Gasteiger partial charge in [0.25, 0.3) is 0 Å². The zero-order valence-corrected chi connectivity index (χ0v) is 18.3. The summed E-state index contributed by atoms with van der Waals surface area (Å²) < 4.78 is 1.16. The number of nitrogens with zero attached hydrogens (tertiary/aromatic N) is 4. The van der Waals surface area contributed by atoms with E-state index in [0.717, 1.165) is 72.1 Å². The molecule has 0 bridgehead atoms. The van der Waals surface area contributed by atoms with Crippen molar-refractivity contribution in [3.8, 4) is 11.3 Å². The average molecular weight is 433 g/mol. The predicted molar refractivity (Wildman–Crippen MR) is 125 cm³/mol. The van der Waals surface area contributed by atoms with Gasteiger partial charge in [0.1, 0.15) is 17.7 Å². The Hall–Kier alpha value is -2.61. The first kappa shape index (κ1) is 19.1. The van der Waals surface area contributed by atoms with Crippen LogP contribution in [0.3, 0.4) is 0 Å². The number of benzene rings is 1. The molecule has 3 aromatic heterocycles. The quantitative estimate of drug-likeness (QED) is 0.517. The lowest BCUT2D eigenvalue weighted by Crippen LogP contribution is -3.15. The van der Waals surface area contributed by atoms with E-state index in [9.17, 15) is 5.11 Å². The lowest BCUT2D eigenvalue weighted by Gasteiger charge is -2.32. The first-order chi connectivity index (χ1) is 15.3. The van der Waals surface area contributed by atoms with Crippen molar-refractivity contribution in [3.05, 3.63) is 47.8 Å². The van der Waals surface area contributed by atoms with Crippen LogP contribution in [0.25, 0.3) is 31.7 Å². The van der Waals surface area contributed by atoms with Crippen LogP contribution in [-0.4, -0.2) is 59.4 Å². The van der Waals surface area contributed by atoms with E-state index in [-0.39, 0.29) is 6.61 Å². The van der Waals surface area contributed by atoms with Crippen LogP contribution in [0.15, 0.2) is 36.7 Å². The van der Waals surface area contributed by atoms with E-state index in [4.69, 9.17) is 15.0 Å². The van der Waals surface area contributed by atoms with Crippen molar-refractivity contribution in [2.45, 2.75) is 19.3 Å². The number of anilines is 1. The molecule has 4 heterocycles. The smallest absolute Gasteiger partial charge is 0.150 e. The number of thiophene rings is 1. The Kier molecular flexibility index (Phi) is 4.82. The van der Waals surface area contributed by atoms with Gasteiger partial charge in [-0.3, -0.25) is 0 Å². The highest BCUT2D eigenvalue weighted by molar-refractivity contribution is 7.26. The summed E-state index contributed by atoms with van der Waals surface area (Å²) in [4.78, 5) is 19.6. The first-order valence-corrected chi connectivity index (χ1v) is 12.0. The van der Waals surface area contributed by atoms with Crippen LogP contribution in [-0.2, 0) is 12.8 Å². The number of quaternary nitrogens is 1. The van der Waals surface area contributed by atoms with E-state index < -0.39 is 0 Å². The van der Waals surface area contributed by atoms with Crippen molar-refractivity contribution < 1.29 is 10.0 Å². The lowest BCUT2D eigenvalue weighted by molar-refractivity contribution is -0.900. The number of aryl methyl sites for hydroxylation is 1. The number of pyridine rings is 1. The highest BCUT2D eigenvalue weighted by atomic mass is 32.1. The standard InChI is InChI=1S/C24H25N5OS/c30-14-13-28-9-11-29(12-10-28)23-22-21(25-15-26-23)19-17-7-4-8-18(17)20(27-24(19)31-22)16-5-2-1-3-6-16/h1-3,5-6,15,30H,4,7-14H2/p+1. The summed E-state index contributed by atoms with van der Waals surface area (Å²) >= 11 is 1.74. The molecule has 6 nitrogen and oxygen atoms in total. The molecule has 0 radical (unpaired) electrons. The Morgan fingerprint density at radius 3 is 2.65 bits per heavy atom. The maximum Gasteiger partial charge on any atom is 0.150 e. The molecule has 0 spiro atoms. The third-order valence-corrected chi connectivity index (χ3v) is 7.80. The first-order valence-electron chi connectivity index (χ1n) is 11.2. The zero-order valence-electron chi connectivity index (χ0n) is 17.5. The second-order valence-corrected chi connectivity index (χ2v) is 9.50. The molecule has 0 saturated carbocycles. The van der Waals surface area contributed by atoms with Crippen molar-refractivity contribution in [1.82, 2.24) is 15.0 Å². The van der Waals surface area contributed by atoms with Gasteiger partial charge in [-0.15, -0.1) is 11.3 Å². The molecule has 4 aromatic rings. The Morgan fingerprint density at radius 2 is 1.84 bits per heavy atom. The highest BCUT2D eigenvalue weighted by Gasteiger charge is 2.27. The van der Waals surface area contributed by atoms with Crippen molar-refractivity contribution in [1.29, 1.82) is 0 Å². The summed E-state index contributed by atoms with van der Waals surface area (Å²) in [6.45, 7) is 5.05. The van der Waals surface area contributed by atoms with Crippen molar-refractivity contribution >= 4 is 37.6 Å². The number of piperazine rings is 1. The molecule has 6 rings (SSSR count). The Balaban J connectivity index is 1.49. The van der Waals surface area contributed by atoms with Gasteiger partial charge in [0.2, 0.25) is 0 Å². The van der Waals surface area contributed by atoms with Gasteiger partial charge in [-0.25, -0.2) is 15.0 Å². The summed E-state index contributed by atoms with van der Waals surface area (Å²) in [5.41, 5.74) is 6.26. The molecular formula is C24H26N5OS+. The normalized spacial score (nSPS) is 17.0. The molecule has 7 heteroatoms. The third kappa shape index (κ3) is 3.19. The minimum absolute atomic E-state index is 0.254. The van der Waals surface area contributed by atoms with Gasteiger partial charge in [0, 0.05) is 10.9 Å². The Bertz CT molecular complexity index is 1250. The van der Waals surface area contributed by atoms with E-state index in [0.29, 0.717) is 0 Å². The molecule has 1 aromatic carbocycles. The molecule has 158 valence electrons. The Labute approximate surface area is 185 Å².